The van der Waals surface area contributed by atoms with E-state index in [1.54, 1.807) is 0 Å². The number of methoxy groups -OCH3 is 1. The molecule has 1 amide bonds. The second kappa shape index (κ2) is 6.00. The van der Waals surface area contributed by atoms with E-state index in [-0.39, 0.29) is 16.8 Å². The first-order chi connectivity index (χ1) is 10.0. The van der Waals surface area contributed by atoms with E-state index in [0.717, 1.165) is 18.2 Å². The van der Waals surface area contributed by atoms with Gasteiger partial charge in [-0.1, -0.05) is 0 Å². The molecule has 0 atom stereocenters. The molecule has 1 aromatic carbocycles. The van der Waals surface area contributed by atoms with Crippen LogP contribution in [0.5, 0.6) is 5.88 Å². The maximum absolute atomic E-state index is 13.2. The zero-order chi connectivity index (χ0) is 15.4. The summed E-state index contributed by atoms with van der Waals surface area (Å²) in [5.41, 5.74) is -0.133. The van der Waals surface area contributed by atoms with Gasteiger partial charge >= 0.3 is 5.97 Å². The minimum atomic E-state index is -1.27. The van der Waals surface area contributed by atoms with E-state index in [4.69, 9.17) is 9.84 Å². The number of pyridine rings is 1. The molecule has 0 aliphatic heterocycles. The van der Waals surface area contributed by atoms with Crippen LogP contribution in [0.4, 0.5) is 10.1 Å². The Morgan fingerprint density at radius 3 is 2.62 bits per heavy atom. The molecule has 0 radical (unpaired) electrons. The summed E-state index contributed by atoms with van der Waals surface area (Å²) in [5.74, 6) is -2.18. The quantitative estimate of drug-likeness (QED) is 0.901. The number of carbonyl (C=O) groups excluding carboxylic acids is 1. The molecule has 2 N–H and O–H groups in total. The van der Waals surface area contributed by atoms with Gasteiger partial charge in [0.15, 0.2) is 0 Å². The number of benzene rings is 1. The van der Waals surface area contributed by atoms with Crippen molar-refractivity contribution in [3.63, 3.8) is 0 Å². The van der Waals surface area contributed by atoms with Crippen molar-refractivity contribution in [1.29, 1.82) is 0 Å². The van der Waals surface area contributed by atoms with E-state index in [0.29, 0.717) is 5.88 Å². The average molecular weight is 290 g/mol. The molecule has 108 valence electrons. The Morgan fingerprint density at radius 2 is 2.05 bits per heavy atom. The minimum absolute atomic E-state index is 0.122. The van der Waals surface area contributed by atoms with Gasteiger partial charge in [-0.15, -0.1) is 0 Å². The van der Waals surface area contributed by atoms with Crippen LogP contribution in [0.3, 0.4) is 0 Å². The molecule has 2 aromatic rings. The second-order valence-corrected chi connectivity index (χ2v) is 4.04. The highest BCUT2D eigenvalue weighted by molar-refractivity contribution is 6.07. The standard InChI is InChI=1S/C14H11FN2O4/c1-21-12-5-2-8(7-16-12)13(18)17-11-6-9(15)3-4-10(11)14(19)20/h2-7H,1H3,(H,17,18)(H,19,20). The summed E-state index contributed by atoms with van der Waals surface area (Å²) in [6, 6.07) is 5.98. The maximum atomic E-state index is 13.2. The molecule has 7 heteroatoms. The summed E-state index contributed by atoms with van der Waals surface area (Å²) >= 11 is 0. The van der Waals surface area contributed by atoms with Crippen molar-refractivity contribution in [2.75, 3.05) is 12.4 Å². The molecule has 6 nitrogen and oxygen atoms in total. The number of halogens is 1. The Kier molecular flexibility index (Phi) is 4.13. The van der Waals surface area contributed by atoms with Gasteiger partial charge in [-0.2, -0.15) is 0 Å². The van der Waals surface area contributed by atoms with Crippen LogP contribution >= 0.6 is 0 Å². The number of hydrogen-bond acceptors (Lipinski definition) is 4. The summed E-state index contributed by atoms with van der Waals surface area (Å²) < 4.78 is 18.1. The van der Waals surface area contributed by atoms with Crippen molar-refractivity contribution >= 4 is 17.6 Å². The molecule has 1 heterocycles. The number of hydrogen-bond donors (Lipinski definition) is 2. The van der Waals surface area contributed by atoms with Gasteiger partial charge in [0.25, 0.3) is 5.91 Å². The van der Waals surface area contributed by atoms with E-state index >= 15 is 0 Å². The number of aromatic carboxylic acids is 1. The first-order valence-corrected chi connectivity index (χ1v) is 5.85. The topological polar surface area (TPSA) is 88.5 Å². The molecular formula is C14H11FN2O4. The summed E-state index contributed by atoms with van der Waals surface area (Å²) in [6.45, 7) is 0. The van der Waals surface area contributed by atoms with E-state index in [9.17, 15) is 14.0 Å². The molecule has 0 unspecified atom stereocenters. The highest BCUT2D eigenvalue weighted by atomic mass is 19.1. The molecule has 0 spiro atoms. The number of ether oxygens (including phenoxy) is 1. The van der Waals surface area contributed by atoms with Gasteiger partial charge in [0.05, 0.1) is 23.9 Å². The number of aromatic nitrogens is 1. The Bertz CT molecular complexity index is 686. The van der Waals surface area contributed by atoms with E-state index < -0.39 is 17.7 Å². The van der Waals surface area contributed by atoms with E-state index in [2.05, 4.69) is 10.3 Å². The number of nitrogens with one attached hydrogen (secondary N) is 1. The number of rotatable bonds is 4. The third-order valence-corrected chi connectivity index (χ3v) is 2.67. The van der Waals surface area contributed by atoms with Crippen LogP contribution in [0.1, 0.15) is 20.7 Å². The van der Waals surface area contributed by atoms with Crippen molar-refractivity contribution in [3.05, 3.63) is 53.5 Å². The highest BCUT2D eigenvalue weighted by Gasteiger charge is 2.14. The van der Waals surface area contributed by atoms with Gasteiger partial charge in [0, 0.05) is 12.3 Å². The third kappa shape index (κ3) is 3.33. The van der Waals surface area contributed by atoms with Crippen LogP contribution < -0.4 is 10.1 Å². The molecule has 21 heavy (non-hydrogen) atoms. The van der Waals surface area contributed by atoms with Crippen molar-refractivity contribution < 1.29 is 23.8 Å². The number of carboxylic acid groups (broad SMARTS) is 1. The number of anilines is 1. The highest BCUT2D eigenvalue weighted by Crippen LogP contribution is 2.18. The fourth-order valence-corrected chi connectivity index (χ4v) is 1.64. The van der Waals surface area contributed by atoms with E-state index in [1.165, 1.54) is 25.4 Å². The number of amides is 1. The Balaban J connectivity index is 2.26. The van der Waals surface area contributed by atoms with Gasteiger partial charge in [-0.05, 0) is 24.3 Å². The predicted octanol–water partition coefficient (Wildman–Crippen LogP) is 2.18. The first-order valence-electron chi connectivity index (χ1n) is 5.85. The van der Waals surface area contributed by atoms with Crippen molar-refractivity contribution in [2.45, 2.75) is 0 Å². The lowest BCUT2D eigenvalue weighted by Gasteiger charge is -2.08. The van der Waals surface area contributed by atoms with Gasteiger partial charge in [0.1, 0.15) is 5.82 Å². The van der Waals surface area contributed by atoms with Crippen LogP contribution in [-0.2, 0) is 0 Å². The Labute approximate surface area is 119 Å². The fourth-order valence-electron chi connectivity index (χ4n) is 1.64. The van der Waals surface area contributed by atoms with Crippen LogP contribution in [0, 0.1) is 5.82 Å². The lowest BCUT2D eigenvalue weighted by atomic mass is 10.1. The summed E-state index contributed by atoms with van der Waals surface area (Å²) in [7, 11) is 1.44. The SMILES string of the molecule is COc1ccc(C(=O)Nc2cc(F)ccc2C(=O)O)cn1. The maximum Gasteiger partial charge on any atom is 0.337 e. The van der Waals surface area contributed by atoms with E-state index in [1.807, 2.05) is 0 Å². The number of carboxylic acids is 1. The largest absolute Gasteiger partial charge is 0.481 e. The lowest BCUT2D eigenvalue weighted by molar-refractivity contribution is 0.0698. The lowest BCUT2D eigenvalue weighted by Crippen LogP contribution is -2.15. The number of carbonyl (C=O) groups is 2. The Hall–Kier alpha value is -2.96. The molecule has 0 saturated heterocycles. The molecule has 0 fully saturated rings. The second-order valence-electron chi connectivity index (χ2n) is 4.04. The summed E-state index contributed by atoms with van der Waals surface area (Å²) in [6.07, 6.45) is 1.27. The molecule has 1 aromatic heterocycles. The van der Waals surface area contributed by atoms with Crippen LogP contribution in [0.2, 0.25) is 0 Å². The van der Waals surface area contributed by atoms with Gasteiger partial charge < -0.3 is 15.2 Å². The zero-order valence-corrected chi connectivity index (χ0v) is 11.0. The molecule has 0 aliphatic carbocycles. The predicted molar refractivity (Wildman–Crippen MR) is 72.1 cm³/mol. The molecule has 0 saturated carbocycles. The fraction of sp³-hybridized carbons (Fsp3) is 0.0714. The molecular weight excluding hydrogens is 279 g/mol. The molecule has 0 aliphatic rings. The summed E-state index contributed by atoms with van der Waals surface area (Å²) in [5, 5.41) is 11.4. The molecule has 2 rings (SSSR count). The van der Waals surface area contributed by atoms with Gasteiger partial charge in [-0.3, -0.25) is 4.79 Å². The van der Waals surface area contributed by atoms with Crippen molar-refractivity contribution in [2.24, 2.45) is 0 Å². The zero-order valence-electron chi connectivity index (χ0n) is 11.0. The van der Waals surface area contributed by atoms with Gasteiger partial charge in [-0.25, -0.2) is 14.2 Å². The smallest absolute Gasteiger partial charge is 0.337 e. The van der Waals surface area contributed by atoms with Crippen LogP contribution in [-0.4, -0.2) is 29.1 Å². The van der Waals surface area contributed by atoms with Crippen LogP contribution in [0.25, 0.3) is 0 Å². The van der Waals surface area contributed by atoms with Crippen LogP contribution in [0.15, 0.2) is 36.5 Å². The summed E-state index contributed by atoms with van der Waals surface area (Å²) in [4.78, 5) is 26.9. The first kappa shape index (κ1) is 14.4. The monoisotopic (exact) mass is 290 g/mol. The third-order valence-electron chi connectivity index (χ3n) is 2.67. The van der Waals surface area contributed by atoms with Crippen molar-refractivity contribution in [3.8, 4) is 5.88 Å². The van der Waals surface area contributed by atoms with Crippen molar-refractivity contribution in [1.82, 2.24) is 4.98 Å². The normalized spacial score (nSPS) is 10.0. The van der Waals surface area contributed by atoms with Gasteiger partial charge in [0.2, 0.25) is 5.88 Å². The Morgan fingerprint density at radius 1 is 1.29 bits per heavy atom. The number of nitrogens with zero attached hydrogens (tertiary/aromatic N) is 1. The average Bonchev–Trinajstić information content (AvgIpc) is 2.47. The molecule has 0 bridgehead atoms. The minimum Gasteiger partial charge on any atom is -0.481 e.